The first-order chi connectivity index (χ1) is 9.26. The van der Waals surface area contributed by atoms with Crippen LogP contribution in [0, 0.1) is 6.92 Å². The SMILES string of the molecule is COCC(CCO)NCc1c(C)oc2ccccc12. The van der Waals surface area contributed by atoms with Crippen molar-refractivity contribution < 1.29 is 14.3 Å². The fourth-order valence-corrected chi connectivity index (χ4v) is 2.29. The van der Waals surface area contributed by atoms with E-state index in [0.717, 1.165) is 23.3 Å². The predicted octanol–water partition coefficient (Wildman–Crippen LogP) is 2.23. The zero-order valence-electron chi connectivity index (χ0n) is 11.5. The van der Waals surface area contributed by atoms with Crippen LogP contribution in [0.4, 0.5) is 0 Å². The van der Waals surface area contributed by atoms with Crippen molar-refractivity contribution in [2.45, 2.75) is 25.9 Å². The number of hydrogen-bond acceptors (Lipinski definition) is 4. The number of benzene rings is 1. The molecule has 1 aromatic heterocycles. The molecule has 2 rings (SSSR count). The van der Waals surface area contributed by atoms with Crippen LogP contribution in [-0.2, 0) is 11.3 Å². The first kappa shape index (κ1) is 14.1. The molecular formula is C15H21NO3. The van der Waals surface area contributed by atoms with Crippen molar-refractivity contribution in [3.63, 3.8) is 0 Å². The third-order valence-electron chi connectivity index (χ3n) is 3.31. The molecule has 1 aromatic carbocycles. The Morgan fingerprint density at radius 3 is 2.89 bits per heavy atom. The summed E-state index contributed by atoms with van der Waals surface area (Å²) >= 11 is 0. The van der Waals surface area contributed by atoms with Crippen molar-refractivity contribution in [3.8, 4) is 0 Å². The number of furan rings is 1. The maximum Gasteiger partial charge on any atom is 0.134 e. The smallest absolute Gasteiger partial charge is 0.134 e. The second kappa shape index (κ2) is 6.70. The number of para-hydroxylation sites is 1. The van der Waals surface area contributed by atoms with Crippen LogP contribution in [0.15, 0.2) is 28.7 Å². The van der Waals surface area contributed by atoms with Gasteiger partial charge in [-0.3, -0.25) is 0 Å². The molecule has 0 saturated carbocycles. The molecule has 4 heteroatoms. The predicted molar refractivity (Wildman–Crippen MR) is 75.2 cm³/mol. The highest BCUT2D eigenvalue weighted by Crippen LogP contribution is 2.25. The van der Waals surface area contributed by atoms with Gasteiger partial charge in [0.2, 0.25) is 0 Å². The van der Waals surface area contributed by atoms with Gasteiger partial charge in [0.1, 0.15) is 11.3 Å². The highest BCUT2D eigenvalue weighted by Gasteiger charge is 2.13. The molecule has 2 N–H and O–H groups in total. The van der Waals surface area contributed by atoms with Crippen molar-refractivity contribution in [2.24, 2.45) is 0 Å². The summed E-state index contributed by atoms with van der Waals surface area (Å²) in [7, 11) is 1.67. The maximum atomic E-state index is 9.03. The lowest BCUT2D eigenvalue weighted by Gasteiger charge is -2.16. The summed E-state index contributed by atoms with van der Waals surface area (Å²) in [6.07, 6.45) is 0.683. The Morgan fingerprint density at radius 1 is 1.37 bits per heavy atom. The molecule has 19 heavy (non-hydrogen) atoms. The molecule has 1 heterocycles. The molecule has 0 fully saturated rings. The van der Waals surface area contributed by atoms with E-state index in [1.165, 1.54) is 5.56 Å². The number of aryl methyl sites for hydroxylation is 1. The van der Waals surface area contributed by atoms with Crippen LogP contribution in [0.5, 0.6) is 0 Å². The summed E-state index contributed by atoms with van der Waals surface area (Å²) in [4.78, 5) is 0. The second-order valence-electron chi connectivity index (χ2n) is 4.68. The third-order valence-corrected chi connectivity index (χ3v) is 3.31. The lowest BCUT2D eigenvalue weighted by molar-refractivity contribution is 0.148. The van der Waals surface area contributed by atoms with Gasteiger partial charge in [-0.25, -0.2) is 0 Å². The van der Waals surface area contributed by atoms with Crippen molar-refractivity contribution >= 4 is 11.0 Å². The van der Waals surface area contributed by atoms with E-state index in [4.69, 9.17) is 14.3 Å². The van der Waals surface area contributed by atoms with Crippen LogP contribution in [0.25, 0.3) is 11.0 Å². The number of ether oxygens (including phenoxy) is 1. The van der Waals surface area contributed by atoms with Gasteiger partial charge < -0.3 is 19.6 Å². The van der Waals surface area contributed by atoms with E-state index < -0.39 is 0 Å². The lowest BCUT2D eigenvalue weighted by Crippen LogP contribution is -2.33. The molecular weight excluding hydrogens is 242 g/mol. The van der Waals surface area contributed by atoms with Crippen LogP contribution in [0.3, 0.4) is 0 Å². The minimum Gasteiger partial charge on any atom is -0.461 e. The third kappa shape index (κ3) is 3.35. The summed E-state index contributed by atoms with van der Waals surface area (Å²) in [6, 6.07) is 8.19. The molecule has 0 radical (unpaired) electrons. The average molecular weight is 263 g/mol. The number of rotatable bonds is 7. The van der Waals surface area contributed by atoms with E-state index in [1.54, 1.807) is 7.11 Å². The standard InChI is InChI=1S/C15H21NO3/c1-11-14(9-16-12(7-8-17)10-18-2)13-5-3-4-6-15(13)19-11/h3-6,12,16-17H,7-10H2,1-2H3. The van der Waals surface area contributed by atoms with Crippen LogP contribution >= 0.6 is 0 Å². The number of fused-ring (bicyclic) bond motifs is 1. The topological polar surface area (TPSA) is 54.6 Å². The van der Waals surface area contributed by atoms with E-state index in [0.29, 0.717) is 13.0 Å². The number of aliphatic hydroxyl groups is 1. The second-order valence-corrected chi connectivity index (χ2v) is 4.68. The summed E-state index contributed by atoms with van der Waals surface area (Å²) < 4.78 is 10.9. The van der Waals surface area contributed by atoms with Crippen molar-refractivity contribution in [3.05, 3.63) is 35.6 Å². The Balaban J connectivity index is 2.10. The molecule has 0 aliphatic carbocycles. The molecule has 0 aliphatic rings. The lowest BCUT2D eigenvalue weighted by atomic mass is 10.1. The Hall–Kier alpha value is -1.36. The summed E-state index contributed by atoms with van der Waals surface area (Å²) in [5.41, 5.74) is 2.09. The van der Waals surface area contributed by atoms with Crippen LogP contribution in [-0.4, -0.2) is 31.5 Å². The van der Waals surface area contributed by atoms with E-state index >= 15 is 0 Å². The highest BCUT2D eigenvalue weighted by molar-refractivity contribution is 5.82. The quantitative estimate of drug-likeness (QED) is 0.804. The summed E-state index contributed by atoms with van der Waals surface area (Å²) in [5.74, 6) is 0.939. The minimum absolute atomic E-state index is 0.156. The molecule has 1 atom stereocenters. The first-order valence-corrected chi connectivity index (χ1v) is 6.56. The Bertz CT molecular complexity index is 515. The maximum absolute atomic E-state index is 9.03. The summed E-state index contributed by atoms with van der Waals surface area (Å²) in [6.45, 7) is 3.45. The highest BCUT2D eigenvalue weighted by atomic mass is 16.5. The van der Waals surface area contributed by atoms with Gasteiger partial charge in [0.25, 0.3) is 0 Å². The molecule has 104 valence electrons. The molecule has 0 amide bonds. The Labute approximate surface area is 113 Å². The fourth-order valence-electron chi connectivity index (χ4n) is 2.29. The zero-order valence-corrected chi connectivity index (χ0v) is 11.5. The van der Waals surface area contributed by atoms with Gasteiger partial charge in [0.15, 0.2) is 0 Å². The van der Waals surface area contributed by atoms with Crippen molar-refractivity contribution in [2.75, 3.05) is 20.3 Å². The molecule has 1 unspecified atom stereocenters. The number of hydrogen-bond donors (Lipinski definition) is 2. The normalized spacial score (nSPS) is 13.0. The summed E-state index contributed by atoms with van der Waals surface area (Å²) in [5, 5.41) is 13.6. The van der Waals surface area contributed by atoms with E-state index in [-0.39, 0.29) is 12.6 Å². The monoisotopic (exact) mass is 263 g/mol. The van der Waals surface area contributed by atoms with Gasteiger partial charge in [0, 0.05) is 37.3 Å². The molecule has 0 spiro atoms. The zero-order chi connectivity index (χ0) is 13.7. The van der Waals surface area contributed by atoms with Gasteiger partial charge in [-0.05, 0) is 19.4 Å². The van der Waals surface area contributed by atoms with Gasteiger partial charge in [-0.15, -0.1) is 0 Å². The van der Waals surface area contributed by atoms with Crippen LogP contribution < -0.4 is 5.32 Å². The van der Waals surface area contributed by atoms with Crippen molar-refractivity contribution in [1.29, 1.82) is 0 Å². The molecule has 2 aromatic rings. The molecule has 0 saturated heterocycles. The van der Waals surface area contributed by atoms with Crippen LogP contribution in [0.2, 0.25) is 0 Å². The Kier molecular flexibility index (Phi) is 4.96. The minimum atomic E-state index is 0.156. The fraction of sp³-hybridized carbons (Fsp3) is 0.467. The van der Waals surface area contributed by atoms with Gasteiger partial charge in [-0.1, -0.05) is 18.2 Å². The van der Waals surface area contributed by atoms with Gasteiger partial charge in [0.05, 0.1) is 6.61 Å². The molecule has 0 aliphatic heterocycles. The van der Waals surface area contributed by atoms with E-state index in [9.17, 15) is 0 Å². The number of methoxy groups -OCH3 is 1. The van der Waals surface area contributed by atoms with E-state index in [2.05, 4.69) is 11.4 Å². The molecule has 4 nitrogen and oxygen atoms in total. The first-order valence-electron chi connectivity index (χ1n) is 6.56. The van der Waals surface area contributed by atoms with Gasteiger partial charge in [-0.2, -0.15) is 0 Å². The van der Waals surface area contributed by atoms with Gasteiger partial charge >= 0.3 is 0 Å². The number of nitrogens with one attached hydrogen (secondary N) is 1. The molecule has 0 bridgehead atoms. The van der Waals surface area contributed by atoms with Crippen molar-refractivity contribution in [1.82, 2.24) is 5.32 Å². The van der Waals surface area contributed by atoms with Crippen LogP contribution in [0.1, 0.15) is 17.7 Å². The van der Waals surface area contributed by atoms with E-state index in [1.807, 2.05) is 25.1 Å². The Morgan fingerprint density at radius 2 is 2.16 bits per heavy atom. The largest absolute Gasteiger partial charge is 0.461 e. The number of aliphatic hydroxyl groups excluding tert-OH is 1. The average Bonchev–Trinajstić information content (AvgIpc) is 2.72.